The zero-order valence-electron chi connectivity index (χ0n) is 20.5. The maximum absolute atomic E-state index is 16.1. The van der Waals surface area contributed by atoms with Gasteiger partial charge < -0.3 is 10.3 Å². The number of carbonyl (C=O) groups excluding carboxylic acids is 1. The number of nitrogens with one attached hydrogen (secondary N) is 3. The van der Waals surface area contributed by atoms with Gasteiger partial charge in [0.05, 0.1) is 40.0 Å². The molecule has 3 N–H and O–H groups in total. The van der Waals surface area contributed by atoms with Crippen molar-refractivity contribution < 1.29 is 13.6 Å². The maximum atomic E-state index is 16.1. The van der Waals surface area contributed by atoms with Crippen molar-refractivity contribution in [1.29, 1.82) is 0 Å². The van der Waals surface area contributed by atoms with E-state index in [-0.39, 0.29) is 28.0 Å². The van der Waals surface area contributed by atoms with Crippen molar-refractivity contribution in [3.63, 3.8) is 0 Å². The molecule has 8 nitrogen and oxygen atoms in total. The highest BCUT2D eigenvalue weighted by Gasteiger charge is 2.24. The summed E-state index contributed by atoms with van der Waals surface area (Å²) < 4.78 is 29.8. The normalized spacial score (nSPS) is 14.0. The lowest BCUT2D eigenvalue weighted by atomic mass is 10.1. The number of aromatic nitrogens is 6. The Morgan fingerprint density at radius 3 is 2.72 bits per heavy atom. The Labute approximate surface area is 224 Å². The third-order valence-electron chi connectivity index (χ3n) is 7.13. The molecule has 0 saturated heterocycles. The molecule has 1 aromatic carbocycles. The van der Waals surface area contributed by atoms with E-state index < -0.39 is 5.82 Å². The Bertz CT molecular complexity index is 1870. The van der Waals surface area contributed by atoms with E-state index in [2.05, 4.69) is 30.5 Å². The minimum Gasteiger partial charge on any atom is -0.337 e. The highest BCUT2D eigenvalue weighted by atomic mass is 32.1. The summed E-state index contributed by atoms with van der Waals surface area (Å²) >= 11 is 1.04. The van der Waals surface area contributed by atoms with E-state index in [1.165, 1.54) is 18.5 Å². The summed E-state index contributed by atoms with van der Waals surface area (Å²) in [5.74, 6) is -0.260. The summed E-state index contributed by atoms with van der Waals surface area (Å²) in [6, 6.07) is 10.4. The molecule has 0 spiro atoms. The second-order valence-corrected chi connectivity index (χ2v) is 10.6. The van der Waals surface area contributed by atoms with Gasteiger partial charge in [-0.1, -0.05) is 25.0 Å². The van der Waals surface area contributed by atoms with Gasteiger partial charge in [-0.2, -0.15) is 9.49 Å². The average Bonchev–Trinajstić information content (AvgIpc) is 3.75. The van der Waals surface area contributed by atoms with Gasteiger partial charge in [-0.05, 0) is 37.1 Å². The fourth-order valence-electron chi connectivity index (χ4n) is 5.22. The number of carbonyl (C=O) groups is 1. The highest BCUT2D eigenvalue weighted by molar-refractivity contribution is 7.14. The van der Waals surface area contributed by atoms with Crippen LogP contribution in [0.5, 0.6) is 0 Å². The predicted octanol–water partition coefficient (Wildman–Crippen LogP) is 6.70. The summed E-state index contributed by atoms with van der Waals surface area (Å²) in [6.07, 6.45) is 8.43. The number of fused-ring (bicyclic) bond motifs is 2. The van der Waals surface area contributed by atoms with Crippen molar-refractivity contribution in [3.8, 4) is 33.2 Å². The SMILES string of the molecule is O=C(Nc1cncc(-c2ncc3[nH]nc(-c4nc5c(-c6ccc(F)s6)cccc5[nH]4)c3c2F)c1)C1CCCC1. The number of thiophene rings is 1. The van der Waals surface area contributed by atoms with Crippen molar-refractivity contribution in [2.75, 3.05) is 5.32 Å². The Balaban J connectivity index is 1.28. The van der Waals surface area contributed by atoms with E-state index in [9.17, 15) is 9.18 Å². The van der Waals surface area contributed by atoms with Crippen molar-refractivity contribution in [2.45, 2.75) is 25.7 Å². The van der Waals surface area contributed by atoms with Gasteiger partial charge in [0.1, 0.15) is 11.4 Å². The predicted molar refractivity (Wildman–Crippen MR) is 146 cm³/mol. The van der Waals surface area contributed by atoms with Gasteiger partial charge in [0.25, 0.3) is 0 Å². The first kappa shape index (κ1) is 23.6. The number of pyridine rings is 2. The molecule has 194 valence electrons. The minimum absolute atomic E-state index is 0.00322. The molecule has 0 radical (unpaired) electrons. The largest absolute Gasteiger partial charge is 0.337 e. The molecule has 7 rings (SSSR count). The third kappa shape index (κ3) is 4.15. The zero-order valence-corrected chi connectivity index (χ0v) is 21.3. The van der Waals surface area contributed by atoms with Gasteiger partial charge >= 0.3 is 0 Å². The van der Waals surface area contributed by atoms with Gasteiger partial charge in [-0.15, -0.1) is 11.3 Å². The molecule has 39 heavy (non-hydrogen) atoms. The molecule has 0 unspecified atom stereocenters. The second kappa shape index (κ2) is 9.35. The van der Waals surface area contributed by atoms with Crippen molar-refractivity contribution >= 4 is 44.9 Å². The molecule has 1 saturated carbocycles. The number of anilines is 1. The van der Waals surface area contributed by atoms with Crippen LogP contribution in [0.2, 0.25) is 0 Å². The lowest BCUT2D eigenvalue weighted by Gasteiger charge is -2.11. The number of rotatable bonds is 5. The van der Waals surface area contributed by atoms with Crippen molar-refractivity contribution in [1.82, 2.24) is 30.1 Å². The molecule has 5 aromatic heterocycles. The fraction of sp³-hybridized carbons (Fsp3) is 0.179. The van der Waals surface area contributed by atoms with Crippen LogP contribution in [0, 0.1) is 16.9 Å². The topological polar surface area (TPSA) is 112 Å². The Morgan fingerprint density at radius 1 is 1.03 bits per heavy atom. The molecule has 6 aromatic rings. The molecule has 1 aliphatic carbocycles. The number of halogens is 2. The number of hydrogen-bond donors (Lipinski definition) is 3. The lowest BCUT2D eigenvalue weighted by molar-refractivity contribution is -0.119. The molecule has 0 aliphatic heterocycles. The van der Waals surface area contributed by atoms with Gasteiger partial charge in [0.15, 0.2) is 16.8 Å². The van der Waals surface area contributed by atoms with Crippen molar-refractivity contribution in [3.05, 3.63) is 65.9 Å². The molecule has 1 fully saturated rings. The molecule has 0 bridgehead atoms. The standard InChI is InChI=1S/C28H21F2N7OS/c29-21-9-8-20(39-21)17-6-3-7-18-25(17)35-27(34-18)26-22-19(36-37-26)13-32-24(23(22)30)15-10-16(12-31-11-15)33-28(38)14-4-1-2-5-14/h3,6-14H,1-2,4-5H2,(H,33,38)(H,34,35)(H,36,37). The average molecular weight is 542 g/mol. The fourth-order valence-corrected chi connectivity index (χ4v) is 5.98. The molecule has 5 heterocycles. The quantitative estimate of drug-likeness (QED) is 0.225. The smallest absolute Gasteiger partial charge is 0.227 e. The van der Waals surface area contributed by atoms with Crippen LogP contribution in [-0.2, 0) is 4.79 Å². The first-order chi connectivity index (χ1) is 19.0. The van der Waals surface area contributed by atoms with Crippen LogP contribution < -0.4 is 5.32 Å². The van der Waals surface area contributed by atoms with Crippen LogP contribution in [0.1, 0.15) is 25.7 Å². The summed E-state index contributed by atoms with van der Waals surface area (Å²) in [5.41, 5.74) is 3.84. The summed E-state index contributed by atoms with van der Waals surface area (Å²) in [6.45, 7) is 0. The number of hydrogen-bond acceptors (Lipinski definition) is 6. The highest BCUT2D eigenvalue weighted by Crippen LogP contribution is 2.36. The number of para-hydroxylation sites is 1. The van der Waals surface area contributed by atoms with E-state index in [1.54, 1.807) is 18.3 Å². The monoisotopic (exact) mass is 541 g/mol. The van der Waals surface area contributed by atoms with Gasteiger partial charge in [0.2, 0.25) is 5.91 Å². The number of nitrogens with zero attached hydrogens (tertiary/aromatic N) is 4. The lowest BCUT2D eigenvalue weighted by Crippen LogP contribution is -2.20. The van der Waals surface area contributed by atoms with Crippen LogP contribution in [-0.4, -0.2) is 36.0 Å². The molecule has 1 amide bonds. The first-order valence-corrected chi connectivity index (χ1v) is 13.4. The molecule has 0 atom stereocenters. The van der Waals surface area contributed by atoms with E-state index in [1.807, 2.05) is 18.2 Å². The Morgan fingerprint density at radius 2 is 1.90 bits per heavy atom. The van der Waals surface area contributed by atoms with Gasteiger partial charge in [-0.25, -0.2) is 9.37 Å². The third-order valence-corrected chi connectivity index (χ3v) is 8.03. The molecule has 1 aliphatic rings. The van der Waals surface area contributed by atoms with Crippen molar-refractivity contribution in [2.24, 2.45) is 5.92 Å². The molecule has 11 heteroatoms. The van der Waals surface area contributed by atoms with E-state index in [4.69, 9.17) is 4.98 Å². The maximum Gasteiger partial charge on any atom is 0.227 e. The van der Waals surface area contributed by atoms with E-state index in [0.29, 0.717) is 33.8 Å². The first-order valence-electron chi connectivity index (χ1n) is 12.6. The summed E-state index contributed by atoms with van der Waals surface area (Å²) in [4.78, 5) is 29.8. The van der Waals surface area contributed by atoms with Crippen LogP contribution in [0.25, 0.3) is 55.2 Å². The number of benzene rings is 1. The summed E-state index contributed by atoms with van der Waals surface area (Å²) in [5, 5.41) is 10.0. The number of aromatic amines is 2. The second-order valence-electron chi connectivity index (χ2n) is 9.61. The summed E-state index contributed by atoms with van der Waals surface area (Å²) in [7, 11) is 0. The molecular weight excluding hydrogens is 520 g/mol. The molecular formula is C28H21F2N7OS. The van der Waals surface area contributed by atoms with Crippen LogP contribution in [0.15, 0.2) is 55.0 Å². The van der Waals surface area contributed by atoms with Gasteiger partial charge in [0, 0.05) is 28.1 Å². The Kier molecular flexibility index (Phi) is 5.66. The number of amides is 1. The number of imidazole rings is 1. The van der Waals surface area contributed by atoms with Gasteiger partial charge in [-0.3, -0.25) is 19.9 Å². The van der Waals surface area contributed by atoms with E-state index >= 15 is 4.39 Å². The zero-order chi connectivity index (χ0) is 26.5. The number of H-pyrrole nitrogens is 2. The van der Waals surface area contributed by atoms with Crippen LogP contribution in [0.3, 0.4) is 0 Å². The van der Waals surface area contributed by atoms with Crippen LogP contribution in [0.4, 0.5) is 14.5 Å². The van der Waals surface area contributed by atoms with E-state index in [0.717, 1.165) is 53.0 Å². The minimum atomic E-state index is -0.585. The van der Waals surface area contributed by atoms with Crippen LogP contribution >= 0.6 is 11.3 Å². The Hall–Kier alpha value is -4.51.